The summed E-state index contributed by atoms with van der Waals surface area (Å²) in [6.45, 7) is 1.98. The highest BCUT2D eigenvalue weighted by molar-refractivity contribution is 5.81. The highest BCUT2D eigenvalue weighted by Crippen LogP contribution is 2.37. The maximum Gasteiger partial charge on any atom is 0.325 e. The second kappa shape index (κ2) is 6.14. The van der Waals surface area contributed by atoms with Gasteiger partial charge in [0.05, 0.1) is 7.11 Å². The summed E-state index contributed by atoms with van der Waals surface area (Å²) < 4.78 is 4.53. The lowest BCUT2D eigenvalue weighted by molar-refractivity contribution is -0.144. The van der Waals surface area contributed by atoms with E-state index in [1.54, 1.807) is 4.90 Å². The van der Waals surface area contributed by atoms with Crippen molar-refractivity contribution in [3.05, 3.63) is 0 Å². The van der Waals surface area contributed by atoms with Gasteiger partial charge in [-0.1, -0.05) is 0 Å². The molecule has 0 aliphatic carbocycles. The number of likely N-dealkylation sites (tertiary alicyclic amines) is 1. The van der Waals surface area contributed by atoms with E-state index < -0.39 is 5.97 Å². The number of nitrogens with one attached hydrogen (secondary N) is 1. The average Bonchev–Trinajstić information content (AvgIpc) is 2.53. The van der Waals surface area contributed by atoms with Gasteiger partial charge in [0.2, 0.25) is 5.91 Å². The first-order valence-corrected chi connectivity index (χ1v) is 7.97. The summed E-state index contributed by atoms with van der Waals surface area (Å²) in [6.07, 6.45) is 3.75. The molecule has 3 aliphatic heterocycles. The van der Waals surface area contributed by atoms with Crippen LogP contribution in [0.1, 0.15) is 25.7 Å². The van der Waals surface area contributed by atoms with Crippen LogP contribution < -0.4 is 5.32 Å². The maximum absolute atomic E-state index is 12.2. The van der Waals surface area contributed by atoms with Crippen LogP contribution in [0.2, 0.25) is 0 Å². The molecule has 3 aliphatic rings. The van der Waals surface area contributed by atoms with Crippen LogP contribution in [0.15, 0.2) is 0 Å². The summed E-state index contributed by atoms with van der Waals surface area (Å²) in [4.78, 5) is 39.2. The van der Waals surface area contributed by atoms with E-state index in [-0.39, 0.29) is 24.5 Å². The Morgan fingerprint density at radius 2 is 2.14 bits per heavy atom. The molecule has 0 radical (unpaired) electrons. The predicted octanol–water partition coefficient (Wildman–Crippen LogP) is 0.202. The van der Waals surface area contributed by atoms with Crippen LogP contribution in [-0.4, -0.2) is 67.0 Å². The molecular weight excluding hydrogens is 286 g/mol. The summed E-state index contributed by atoms with van der Waals surface area (Å²) in [6, 6.07) is 0.0735. The molecule has 3 saturated heterocycles. The number of amides is 3. The zero-order valence-corrected chi connectivity index (χ0v) is 12.9. The first kappa shape index (κ1) is 15.1. The molecular formula is C15H23N3O4. The Morgan fingerprint density at radius 3 is 2.91 bits per heavy atom. The van der Waals surface area contributed by atoms with E-state index in [0.29, 0.717) is 31.3 Å². The molecule has 22 heavy (non-hydrogen) atoms. The molecule has 122 valence electrons. The molecule has 3 atom stereocenters. The first-order chi connectivity index (χ1) is 10.6. The molecule has 7 nitrogen and oxygen atoms in total. The fourth-order valence-corrected chi connectivity index (χ4v) is 4.11. The number of hydrogen-bond acceptors (Lipinski definition) is 4. The highest BCUT2D eigenvalue weighted by Gasteiger charge is 2.44. The molecule has 3 amide bonds. The molecule has 7 heteroatoms. The third kappa shape index (κ3) is 2.89. The number of fused-ring (bicyclic) bond motifs is 4. The number of nitrogens with zero attached hydrogens (tertiary/aromatic N) is 2. The molecule has 2 bridgehead atoms. The lowest BCUT2D eigenvalue weighted by Crippen LogP contribution is -2.62. The van der Waals surface area contributed by atoms with E-state index in [0.717, 1.165) is 25.8 Å². The van der Waals surface area contributed by atoms with E-state index in [1.165, 1.54) is 7.11 Å². The van der Waals surface area contributed by atoms with E-state index in [4.69, 9.17) is 0 Å². The minimum Gasteiger partial charge on any atom is -0.468 e. The minimum absolute atomic E-state index is 0.102. The second-order valence-electron chi connectivity index (χ2n) is 6.51. The van der Waals surface area contributed by atoms with Crippen molar-refractivity contribution < 1.29 is 19.1 Å². The third-order valence-electron chi connectivity index (χ3n) is 5.08. The number of piperidine rings is 3. The summed E-state index contributed by atoms with van der Waals surface area (Å²) in [5, 5.41) is 2.61. The third-order valence-corrected chi connectivity index (χ3v) is 5.08. The van der Waals surface area contributed by atoms with Gasteiger partial charge in [-0.15, -0.1) is 0 Å². The van der Waals surface area contributed by atoms with Crippen LogP contribution in [0, 0.1) is 11.8 Å². The highest BCUT2D eigenvalue weighted by atomic mass is 16.5. The smallest absolute Gasteiger partial charge is 0.325 e. The Hall–Kier alpha value is -1.79. The number of carbonyl (C=O) groups is 3. The van der Waals surface area contributed by atoms with Gasteiger partial charge >= 0.3 is 12.0 Å². The number of methoxy groups -OCH3 is 1. The van der Waals surface area contributed by atoms with Crippen molar-refractivity contribution in [2.24, 2.45) is 11.8 Å². The molecule has 0 aromatic rings. The summed E-state index contributed by atoms with van der Waals surface area (Å²) >= 11 is 0. The molecule has 3 heterocycles. The van der Waals surface area contributed by atoms with E-state index >= 15 is 0 Å². The molecule has 3 rings (SSSR count). The lowest BCUT2D eigenvalue weighted by Gasteiger charge is -2.52. The maximum atomic E-state index is 12.2. The minimum atomic E-state index is -0.449. The van der Waals surface area contributed by atoms with Gasteiger partial charge in [0, 0.05) is 32.1 Å². The van der Waals surface area contributed by atoms with Crippen molar-refractivity contribution in [1.29, 1.82) is 0 Å². The first-order valence-electron chi connectivity index (χ1n) is 7.97. The van der Waals surface area contributed by atoms with Gasteiger partial charge in [0.25, 0.3) is 0 Å². The van der Waals surface area contributed by atoms with Crippen LogP contribution in [-0.2, 0) is 14.3 Å². The molecule has 0 aromatic carbocycles. The lowest BCUT2D eigenvalue weighted by atomic mass is 9.76. The zero-order chi connectivity index (χ0) is 15.7. The van der Waals surface area contributed by atoms with Crippen molar-refractivity contribution in [2.75, 3.05) is 33.3 Å². The number of carbonyl (C=O) groups excluding carboxylic acids is 3. The SMILES string of the molecule is COC(=O)CNC(=O)N1C[C@H]2C[C@H](C1)[C@H]1CCCC(=O)N1C2. The van der Waals surface area contributed by atoms with Crippen molar-refractivity contribution >= 4 is 17.9 Å². The molecule has 0 spiro atoms. The number of hydrogen-bond donors (Lipinski definition) is 1. The summed E-state index contributed by atoms with van der Waals surface area (Å²) in [7, 11) is 1.30. The number of urea groups is 1. The monoisotopic (exact) mass is 309 g/mol. The quantitative estimate of drug-likeness (QED) is 0.739. The van der Waals surface area contributed by atoms with Crippen LogP contribution in [0.5, 0.6) is 0 Å². The standard InChI is InChI=1S/C15H23N3O4/c1-22-14(20)6-16-15(21)17-7-10-5-11(9-17)12-3-2-4-13(19)18(12)8-10/h10-12H,2-9H2,1H3,(H,16,21)/t10-,11-,12-/m1/s1. The number of rotatable bonds is 2. The Bertz CT molecular complexity index is 481. The number of esters is 1. The fourth-order valence-electron chi connectivity index (χ4n) is 4.11. The molecule has 0 saturated carbocycles. The van der Waals surface area contributed by atoms with Crippen molar-refractivity contribution in [2.45, 2.75) is 31.7 Å². The normalized spacial score (nSPS) is 30.6. The van der Waals surface area contributed by atoms with Crippen molar-refractivity contribution in [3.8, 4) is 0 Å². The van der Waals surface area contributed by atoms with Crippen LogP contribution in [0.4, 0.5) is 4.79 Å². The van der Waals surface area contributed by atoms with E-state index in [2.05, 4.69) is 10.1 Å². The van der Waals surface area contributed by atoms with Gasteiger partial charge in [-0.2, -0.15) is 0 Å². The summed E-state index contributed by atoms with van der Waals surface area (Å²) in [5.74, 6) is 0.533. The Kier molecular flexibility index (Phi) is 4.22. The Morgan fingerprint density at radius 1 is 1.32 bits per heavy atom. The van der Waals surface area contributed by atoms with E-state index in [1.807, 2.05) is 4.90 Å². The number of ether oxygens (including phenoxy) is 1. The van der Waals surface area contributed by atoms with Gasteiger partial charge in [0.1, 0.15) is 6.54 Å². The average molecular weight is 309 g/mol. The zero-order valence-electron chi connectivity index (χ0n) is 12.9. The van der Waals surface area contributed by atoms with Crippen LogP contribution in [0.3, 0.4) is 0 Å². The fraction of sp³-hybridized carbons (Fsp3) is 0.800. The molecule has 0 aromatic heterocycles. The molecule has 3 fully saturated rings. The topological polar surface area (TPSA) is 79.0 Å². The predicted molar refractivity (Wildman–Crippen MR) is 77.9 cm³/mol. The van der Waals surface area contributed by atoms with Gasteiger partial charge < -0.3 is 19.9 Å². The second-order valence-corrected chi connectivity index (χ2v) is 6.51. The van der Waals surface area contributed by atoms with Gasteiger partial charge in [0.15, 0.2) is 0 Å². The van der Waals surface area contributed by atoms with Crippen molar-refractivity contribution in [3.63, 3.8) is 0 Å². The van der Waals surface area contributed by atoms with Gasteiger partial charge in [-0.25, -0.2) is 4.79 Å². The van der Waals surface area contributed by atoms with Crippen LogP contribution in [0.25, 0.3) is 0 Å². The Balaban J connectivity index is 1.61. The molecule has 1 N–H and O–H groups in total. The van der Waals surface area contributed by atoms with Gasteiger partial charge in [-0.05, 0) is 31.1 Å². The van der Waals surface area contributed by atoms with Crippen LogP contribution >= 0.6 is 0 Å². The summed E-state index contributed by atoms with van der Waals surface area (Å²) in [5.41, 5.74) is 0. The van der Waals surface area contributed by atoms with Crippen molar-refractivity contribution in [1.82, 2.24) is 15.1 Å². The van der Waals surface area contributed by atoms with Gasteiger partial charge in [-0.3, -0.25) is 9.59 Å². The van der Waals surface area contributed by atoms with E-state index in [9.17, 15) is 14.4 Å². The Labute approximate surface area is 129 Å². The largest absolute Gasteiger partial charge is 0.468 e. The molecule has 0 unspecified atom stereocenters.